The Morgan fingerprint density at radius 2 is 2.31 bits per heavy atom. The van der Waals surface area contributed by atoms with E-state index in [0.29, 0.717) is 11.8 Å². The number of hydrogen-bond acceptors (Lipinski definition) is 3. The lowest BCUT2D eigenvalue weighted by Gasteiger charge is -1.86. The fourth-order valence-electron chi connectivity index (χ4n) is 1.30. The Bertz CT molecular complexity index is 400. The molecule has 0 bridgehead atoms. The number of H-pyrrole nitrogens is 1. The van der Waals surface area contributed by atoms with Gasteiger partial charge >= 0.3 is 0 Å². The fourth-order valence-corrected chi connectivity index (χ4v) is 1.30. The van der Waals surface area contributed by atoms with Gasteiger partial charge in [0.2, 0.25) is 5.89 Å². The molecule has 0 radical (unpaired) electrons. The third-order valence-electron chi connectivity index (χ3n) is 2.20. The second kappa shape index (κ2) is 2.45. The van der Waals surface area contributed by atoms with Crippen LogP contribution < -0.4 is 0 Å². The summed E-state index contributed by atoms with van der Waals surface area (Å²) in [6, 6.07) is 3.83. The molecule has 0 atom stereocenters. The second-order valence-electron chi connectivity index (χ2n) is 3.30. The van der Waals surface area contributed by atoms with Crippen LogP contribution in [0.5, 0.6) is 0 Å². The van der Waals surface area contributed by atoms with Crippen LogP contribution >= 0.6 is 0 Å². The minimum Gasteiger partial charge on any atom is -0.419 e. The molecule has 0 spiro atoms. The minimum atomic E-state index is 0.524. The Hall–Kier alpha value is -1.58. The van der Waals surface area contributed by atoms with E-state index < -0.39 is 0 Å². The van der Waals surface area contributed by atoms with Crippen LogP contribution in [0.25, 0.3) is 11.6 Å². The number of aromatic nitrogens is 3. The lowest BCUT2D eigenvalue weighted by molar-refractivity contribution is 0.507. The smallest absolute Gasteiger partial charge is 0.264 e. The van der Waals surface area contributed by atoms with Gasteiger partial charge in [-0.05, 0) is 25.0 Å². The van der Waals surface area contributed by atoms with Crippen molar-refractivity contribution in [3.63, 3.8) is 0 Å². The topological polar surface area (TPSA) is 54.7 Å². The monoisotopic (exact) mass is 175 g/mol. The van der Waals surface area contributed by atoms with Gasteiger partial charge in [-0.3, -0.25) is 0 Å². The zero-order valence-corrected chi connectivity index (χ0v) is 7.03. The fraction of sp³-hybridized carbons (Fsp3) is 0.333. The number of hydrogen-bond donors (Lipinski definition) is 1. The van der Waals surface area contributed by atoms with Gasteiger partial charge in [-0.1, -0.05) is 0 Å². The Morgan fingerprint density at radius 3 is 3.00 bits per heavy atom. The molecule has 66 valence electrons. The first-order valence-electron chi connectivity index (χ1n) is 4.40. The molecule has 0 amide bonds. The average molecular weight is 175 g/mol. The maximum Gasteiger partial charge on any atom is 0.264 e. The summed E-state index contributed by atoms with van der Waals surface area (Å²) in [4.78, 5) is 3.03. The second-order valence-corrected chi connectivity index (χ2v) is 3.30. The van der Waals surface area contributed by atoms with Crippen molar-refractivity contribution in [3.05, 3.63) is 24.2 Å². The number of nitrogens with zero attached hydrogens (tertiary/aromatic N) is 2. The van der Waals surface area contributed by atoms with Crippen molar-refractivity contribution >= 4 is 0 Å². The van der Waals surface area contributed by atoms with Crippen molar-refractivity contribution in [3.8, 4) is 11.6 Å². The molecule has 0 saturated heterocycles. The van der Waals surface area contributed by atoms with Crippen LogP contribution in [-0.4, -0.2) is 15.2 Å². The lowest BCUT2D eigenvalue weighted by Crippen LogP contribution is -1.76. The summed E-state index contributed by atoms with van der Waals surface area (Å²) in [6.07, 6.45) is 4.22. The summed E-state index contributed by atoms with van der Waals surface area (Å²) in [6.45, 7) is 0. The van der Waals surface area contributed by atoms with Gasteiger partial charge in [0.05, 0.1) is 0 Å². The van der Waals surface area contributed by atoms with Gasteiger partial charge in [-0.15, -0.1) is 10.2 Å². The third-order valence-corrected chi connectivity index (χ3v) is 2.20. The highest BCUT2D eigenvalue weighted by molar-refractivity contribution is 5.45. The maximum atomic E-state index is 5.50. The molecule has 0 aliphatic heterocycles. The van der Waals surface area contributed by atoms with Gasteiger partial charge in [0.25, 0.3) is 5.89 Å². The number of rotatable bonds is 2. The van der Waals surface area contributed by atoms with Crippen LogP contribution in [0.1, 0.15) is 24.7 Å². The van der Waals surface area contributed by atoms with Crippen molar-refractivity contribution in [2.75, 3.05) is 0 Å². The first-order valence-corrected chi connectivity index (χ1v) is 4.40. The molecule has 1 N–H and O–H groups in total. The minimum absolute atomic E-state index is 0.524. The molecule has 1 fully saturated rings. The van der Waals surface area contributed by atoms with Crippen LogP contribution in [-0.2, 0) is 0 Å². The van der Waals surface area contributed by atoms with Crippen LogP contribution in [0, 0.1) is 0 Å². The maximum absolute atomic E-state index is 5.50. The third kappa shape index (κ3) is 1.14. The van der Waals surface area contributed by atoms with Crippen molar-refractivity contribution in [1.82, 2.24) is 15.2 Å². The van der Waals surface area contributed by atoms with E-state index in [0.717, 1.165) is 11.6 Å². The molecule has 4 heteroatoms. The number of nitrogens with one attached hydrogen (secondary N) is 1. The molecule has 4 nitrogen and oxygen atoms in total. The molecule has 0 unspecified atom stereocenters. The molecule has 3 rings (SSSR count). The Kier molecular flexibility index (Phi) is 1.30. The quantitative estimate of drug-likeness (QED) is 0.758. The molecule has 1 aliphatic rings. The first kappa shape index (κ1) is 6.88. The SMILES string of the molecule is c1c[nH]c(-c2nnc(C3CC3)o2)c1. The van der Waals surface area contributed by atoms with Crippen molar-refractivity contribution < 1.29 is 4.42 Å². The van der Waals surface area contributed by atoms with Crippen LogP contribution in [0.2, 0.25) is 0 Å². The van der Waals surface area contributed by atoms with E-state index in [1.165, 1.54) is 12.8 Å². The predicted molar refractivity (Wildman–Crippen MR) is 46.1 cm³/mol. The van der Waals surface area contributed by atoms with Crippen molar-refractivity contribution in [2.24, 2.45) is 0 Å². The highest BCUT2D eigenvalue weighted by Crippen LogP contribution is 2.39. The van der Waals surface area contributed by atoms with E-state index >= 15 is 0 Å². The van der Waals surface area contributed by atoms with Crippen LogP contribution in [0.4, 0.5) is 0 Å². The molecule has 2 aromatic rings. The zero-order valence-electron chi connectivity index (χ0n) is 7.03. The van der Waals surface area contributed by atoms with E-state index in [-0.39, 0.29) is 0 Å². The Labute approximate surface area is 75.0 Å². The molecule has 2 heterocycles. The Balaban J connectivity index is 1.97. The van der Waals surface area contributed by atoms with E-state index in [2.05, 4.69) is 15.2 Å². The molecule has 0 aromatic carbocycles. The van der Waals surface area contributed by atoms with Crippen molar-refractivity contribution in [1.29, 1.82) is 0 Å². The summed E-state index contributed by atoms with van der Waals surface area (Å²) in [5, 5.41) is 7.97. The molecular weight excluding hydrogens is 166 g/mol. The molecule has 1 aliphatic carbocycles. The normalized spacial score (nSPS) is 16.3. The molecule has 13 heavy (non-hydrogen) atoms. The summed E-state index contributed by atoms with van der Waals surface area (Å²) in [7, 11) is 0. The Morgan fingerprint density at radius 1 is 1.38 bits per heavy atom. The standard InChI is InChI=1S/C9H9N3O/c1-2-7(10-5-1)9-12-11-8(13-9)6-3-4-6/h1-2,5-6,10H,3-4H2. The predicted octanol–water partition coefficient (Wildman–Crippen LogP) is 1.94. The highest BCUT2D eigenvalue weighted by atomic mass is 16.4. The van der Waals surface area contributed by atoms with E-state index in [1.807, 2.05) is 18.3 Å². The zero-order chi connectivity index (χ0) is 8.67. The van der Waals surface area contributed by atoms with Gasteiger partial charge in [-0.25, -0.2) is 0 Å². The summed E-state index contributed by atoms with van der Waals surface area (Å²) < 4.78 is 5.50. The van der Waals surface area contributed by atoms with Crippen LogP contribution in [0.15, 0.2) is 22.7 Å². The molecule has 1 saturated carbocycles. The summed E-state index contributed by atoms with van der Waals surface area (Å²) >= 11 is 0. The van der Waals surface area contributed by atoms with E-state index in [9.17, 15) is 0 Å². The first-order chi connectivity index (χ1) is 6.43. The highest BCUT2D eigenvalue weighted by Gasteiger charge is 2.29. The molecule has 2 aromatic heterocycles. The largest absolute Gasteiger partial charge is 0.419 e. The van der Waals surface area contributed by atoms with Gasteiger partial charge in [-0.2, -0.15) is 0 Å². The van der Waals surface area contributed by atoms with E-state index in [4.69, 9.17) is 4.42 Å². The molecular formula is C9H9N3O. The van der Waals surface area contributed by atoms with Gasteiger partial charge < -0.3 is 9.40 Å². The van der Waals surface area contributed by atoms with Crippen molar-refractivity contribution in [2.45, 2.75) is 18.8 Å². The van der Waals surface area contributed by atoms with Gasteiger partial charge in [0.15, 0.2) is 0 Å². The summed E-state index contributed by atoms with van der Waals surface area (Å²) in [5.74, 6) is 1.90. The van der Waals surface area contributed by atoms with Gasteiger partial charge in [0, 0.05) is 12.1 Å². The van der Waals surface area contributed by atoms with Crippen LogP contribution in [0.3, 0.4) is 0 Å². The average Bonchev–Trinajstić information content (AvgIpc) is 2.72. The van der Waals surface area contributed by atoms with E-state index in [1.54, 1.807) is 0 Å². The van der Waals surface area contributed by atoms with Gasteiger partial charge in [0.1, 0.15) is 5.69 Å². The lowest BCUT2D eigenvalue weighted by atomic mass is 10.4. The number of aromatic amines is 1. The summed E-state index contributed by atoms with van der Waals surface area (Å²) in [5.41, 5.74) is 0.888.